The fourth-order valence-electron chi connectivity index (χ4n) is 3.11. The van der Waals surface area contributed by atoms with E-state index in [1.165, 1.54) is 12.2 Å². The zero-order chi connectivity index (χ0) is 22.4. The molecule has 1 aromatic rings. The Labute approximate surface area is 182 Å². The van der Waals surface area contributed by atoms with Crippen LogP contribution in [0.1, 0.15) is 19.4 Å². The Morgan fingerprint density at radius 1 is 1.13 bits per heavy atom. The molecule has 0 amide bonds. The number of carboxylic acid groups (broad SMARTS) is 1. The van der Waals surface area contributed by atoms with Crippen molar-refractivity contribution in [3.63, 3.8) is 0 Å². The van der Waals surface area contributed by atoms with Gasteiger partial charge in [-0.1, -0.05) is 36.4 Å². The van der Waals surface area contributed by atoms with Crippen molar-refractivity contribution in [1.29, 1.82) is 0 Å². The number of benzene rings is 1. The molecule has 1 N–H and O–H groups in total. The molecule has 0 radical (unpaired) electrons. The van der Waals surface area contributed by atoms with Crippen molar-refractivity contribution in [1.82, 2.24) is 0 Å². The van der Waals surface area contributed by atoms with Crippen molar-refractivity contribution in [2.24, 2.45) is 0 Å². The minimum absolute atomic E-state index is 0.232. The number of rotatable bonds is 6. The summed E-state index contributed by atoms with van der Waals surface area (Å²) in [7, 11) is 2.06. The van der Waals surface area contributed by atoms with E-state index in [1.54, 1.807) is 12.2 Å². The molecule has 1 aromatic carbocycles. The molecule has 0 unspecified atom stereocenters. The van der Waals surface area contributed by atoms with Crippen molar-refractivity contribution in [2.45, 2.75) is 13.8 Å². The summed E-state index contributed by atoms with van der Waals surface area (Å²) < 4.78 is 5.83. The number of carbonyl (C=O) groups excluding carboxylic acids is 1. The van der Waals surface area contributed by atoms with Gasteiger partial charge in [0.2, 0.25) is 0 Å². The van der Waals surface area contributed by atoms with Gasteiger partial charge in [0, 0.05) is 19.3 Å². The van der Waals surface area contributed by atoms with Gasteiger partial charge in [-0.2, -0.15) is 0 Å². The van der Waals surface area contributed by atoms with Gasteiger partial charge in [-0.15, -0.1) is 0 Å². The molecule has 1 aliphatic carbocycles. The predicted octanol–water partition coefficient (Wildman–Crippen LogP) is 4.98. The summed E-state index contributed by atoms with van der Waals surface area (Å²) in [4.78, 5) is 24.9. The predicted molar refractivity (Wildman–Crippen MR) is 123 cm³/mol. The van der Waals surface area contributed by atoms with Crippen molar-refractivity contribution >= 4 is 23.5 Å². The summed E-state index contributed by atoms with van der Waals surface area (Å²) in [5.41, 5.74) is 3.57. The highest BCUT2D eigenvalue weighted by molar-refractivity contribution is 6.22. The van der Waals surface area contributed by atoms with E-state index < -0.39 is 11.8 Å². The second-order valence-corrected chi connectivity index (χ2v) is 7.24. The number of aliphatic carboxylic acids is 1. The normalized spacial score (nSPS) is 18.7. The number of nitrogens with zero attached hydrogens (tertiary/aromatic N) is 1. The zero-order valence-corrected chi connectivity index (χ0v) is 17.8. The molecule has 158 valence electrons. The van der Waals surface area contributed by atoms with Crippen LogP contribution in [0.4, 0.5) is 5.69 Å². The zero-order valence-electron chi connectivity index (χ0n) is 17.8. The lowest BCUT2D eigenvalue weighted by atomic mass is 10.0. The molecule has 0 saturated heterocycles. The molecular weight excluding hydrogens is 390 g/mol. The fraction of sp³-hybridized carbons (Fsp3) is 0.154. The summed E-state index contributed by atoms with van der Waals surface area (Å²) in [5.74, 6) is -0.206. The number of ketones is 1. The van der Waals surface area contributed by atoms with Crippen LogP contribution in [0.25, 0.3) is 6.08 Å². The van der Waals surface area contributed by atoms with Gasteiger partial charge in [0.15, 0.2) is 5.78 Å². The number of anilines is 1. The second-order valence-electron chi connectivity index (χ2n) is 7.24. The summed E-state index contributed by atoms with van der Waals surface area (Å²) in [5, 5.41) is 9.08. The molecule has 0 aromatic heterocycles. The summed E-state index contributed by atoms with van der Waals surface area (Å²) in [6.07, 6.45) is 15.6. The summed E-state index contributed by atoms with van der Waals surface area (Å²) in [6.45, 7) is 4.95. The van der Waals surface area contributed by atoms with Crippen LogP contribution in [0.2, 0.25) is 0 Å². The third-order valence-electron chi connectivity index (χ3n) is 4.89. The maximum absolute atomic E-state index is 11.6. The van der Waals surface area contributed by atoms with E-state index in [0.29, 0.717) is 5.57 Å². The molecule has 1 heterocycles. The topological polar surface area (TPSA) is 66.8 Å². The lowest BCUT2D eigenvalue weighted by molar-refractivity contribution is -0.134. The Hall–Kier alpha value is -3.86. The number of carbonyl (C=O) groups is 2. The van der Waals surface area contributed by atoms with E-state index >= 15 is 0 Å². The highest BCUT2D eigenvalue weighted by atomic mass is 16.5. The molecular formula is C26H25NO4. The van der Waals surface area contributed by atoms with Crippen molar-refractivity contribution in [3.8, 4) is 0 Å². The Kier molecular flexibility index (Phi) is 6.88. The quantitative estimate of drug-likeness (QED) is 0.664. The molecule has 0 fully saturated rings. The highest BCUT2D eigenvalue weighted by Gasteiger charge is 2.17. The van der Waals surface area contributed by atoms with Crippen molar-refractivity contribution in [2.75, 3.05) is 18.5 Å². The second kappa shape index (κ2) is 9.76. The van der Waals surface area contributed by atoms with Gasteiger partial charge >= 0.3 is 5.97 Å². The van der Waals surface area contributed by atoms with E-state index in [4.69, 9.17) is 9.84 Å². The van der Waals surface area contributed by atoms with Gasteiger partial charge in [0.25, 0.3) is 0 Å². The van der Waals surface area contributed by atoms with Crippen molar-refractivity contribution in [3.05, 3.63) is 107 Å². The summed E-state index contributed by atoms with van der Waals surface area (Å²) in [6, 6.07) is 8.28. The van der Waals surface area contributed by atoms with Crippen LogP contribution in [0.15, 0.2) is 101 Å². The van der Waals surface area contributed by atoms with Gasteiger partial charge < -0.3 is 14.7 Å². The maximum Gasteiger partial charge on any atom is 0.339 e. The molecule has 2 aliphatic rings. The van der Waals surface area contributed by atoms with Crippen LogP contribution >= 0.6 is 0 Å². The minimum Gasteiger partial charge on any atom is -0.478 e. The first kappa shape index (κ1) is 21.8. The van der Waals surface area contributed by atoms with E-state index in [1.807, 2.05) is 37.3 Å². The van der Waals surface area contributed by atoms with Crippen LogP contribution in [0, 0.1) is 0 Å². The monoisotopic (exact) mass is 415 g/mol. The van der Waals surface area contributed by atoms with Crippen LogP contribution in [-0.2, 0) is 14.3 Å². The Morgan fingerprint density at radius 2 is 1.87 bits per heavy atom. The molecule has 0 saturated carbocycles. The first-order valence-corrected chi connectivity index (χ1v) is 10.0. The minimum atomic E-state index is -1.22. The van der Waals surface area contributed by atoms with Crippen LogP contribution in [-0.4, -0.2) is 30.5 Å². The van der Waals surface area contributed by atoms with Gasteiger partial charge in [0.1, 0.15) is 17.1 Å². The standard InChI is InChI=1S/C26H25NO4/c1-4-27(3)22-11-8-20(9-12-22)15-23-16-21(14-18(2)31-23)7-5-6-19-10-13-25(28)24(17-19)26(29)30/h5-17H,4H2,1-3H3,(H,29,30). The maximum atomic E-state index is 11.6. The first-order chi connectivity index (χ1) is 14.9. The third-order valence-corrected chi connectivity index (χ3v) is 4.89. The highest BCUT2D eigenvalue weighted by Crippen LogP contribution is 2.23. The molecule has 0 atom stereocenters. The molecule has 0 spiro atoms. The number of hydrogen-bond donors (Lipinski definition) is 1. The SMILES string of the molecule is CCN(C)c1ccc(C=C2C=C(C=CC=C3C=CC(=O)C(C(=O)O)=C3)C=C(C)O2)cc1. The number of allylic oxidation sites excluding steroid dienone is 11. The average molecular weight is 415 g/mol. The first-order valence-electron chi connectivity index (χ1n) is 10.0. The van der Waals surface area contributed by atoms with Gasteiger partial charge in [-0.3, -0.25) is 4.79 Å². The Balaban J connectivity index is 1.77. The molecule has 5 nitrogen and oxygen atoms in total. The van der Waals surface area contributed by atoms with Gasteiger partial charge in [0.05, 0.1) is 0 Å². The van der Waals surface area contributed by atoms with Crippen molar-refractivity contribution < 1.29 is 19.4 Å². The van der Waals surface area contributed by atoms with E-state index in [0.717, 1.165) is 34.9 Å². The summed E-state index contributed by atoms with van der Waals surface area (Å²) >= 11 is 0. The number of hydrogen-bond acceptors (Lipinski definition) is 4. The largest absolute Gasteiger partial charge is 0.478 e. The van der Waals surface area contributed by atoms with Crippen LogP contribution in [0.5, 0.6) is 0 Å². The third kappa shape index (κ3) is 5.82. The van der Waals surface area contributed by atoms with E-state index in [2.05, 4.69) is 43.1 Å². The number of carboxylic acids is 1. The Morgan fingerprint density at radius 3 is 2.55 bits per heavy atom. The Bertz CT molecular complexity index is 1090. The smallest absolute Gasteiger partial charge is 0.339 e. The molecule has 31 heavy (non-hydrogen) atoms. The van der Waals surface area contributed by atoms with E-state index in [9.17, 15) is 9.59 Å². The lowest BCUT2D eigenvalue weighted by Crippen LogP contribution is -2.15. The van der Waals surface area contributed by atoms with E-state index in [-0.39, 0.29) is 5.57 Å². The van der Waals surface area contributed by atoms with Gasteiger partial charge in [-0.25, -0.2) is 4.79 Å². The lowest BCUT2D eigenvalue weighted by Gasteiger charge is -2.17. The molecule has 5 heteroatoms. The van der Waals surface area contributed by atoms with Crippen LogP contribution < -0.4 is 4.90 Å². The molecule has 1 aliphatic heterocycles. The van der Waals surface area contributed by atoms with Crippen LogP contribution in [0.3, 0.4) is 0 Å². The average Bonchev–Trinajstić information content (AvgIpc) is 2.74. The van der Waals surface area contributed by atoms with Gasteiger partial charge in [-0.05, 0) is 73.1 Å². The molecule has 3 rings (SSSR count). The molecule has 0 bridgehead atoms. The number of ether oxygens (including phenoxy) is 1. The fourth-order valence-corrected chi connectivity index (χ4v) is 3.11.